The first-order chi connectivity index (χ1) is 10.7. The van der Waals surface area contributed by atoms with Crippen LogP contribution >= 0.6 is 0 Å². The van der Waals surface area contributed by atoms with Gasteiger partial charge in [-0.05, 0) is 44.4 Å². The van der Waals surface area contributed by atoms with E-state index < -0.39 is 0 Å². The summed E-state index contributed by atoms with van der Waals surface area (Å²) in [5.74, 6) is 2.48. The van der Waals surface area contributed by atoms with E-state index in [1.54, 1.807) is 6.26 Å². The standard InChI is InChI=1S/C17H30N4O/c1-4-18-17(20-12-16-8-6-10-22-16)19-11-15-7-5-9-21(15)13-14(2)3/h6,8,10,14-15H,4-5,7,9,11-13H2,1-3H3,(H2,18,19,20)/t15-/m1/s1. The Balaban J connectivity index is 1.84. The Hall–Kier alpha value is -1.49. The first-order valence-electron chi connectivity index (χ1n) is 8.47. The van der Waals surface area contributed by atoms with Crippen molar-refractivity contribution in [3.05, 3.63) is 24.2 Å². The van der Waals surface area contributed by atoms with Crippen LogP contribution in [0.4, 0.5) is 0 Å². The minimum atomic E-state index is 0.572. The van der Waals surface area contributed by atoms with Crippen LogP contribution in [-0.2, 0) is 6.54 Å². The Bertz CT molecular complexity index is 442. The third-order valence-corrected chi connectivity index (χ3v) is 3.92. The Labute approximate surface area is 134 Å². The van der Waals surface area contributed by atoms with E-state index in [9.17, 15) is 0 Å². The quantitative estimate of drug-likeness (QED) is 0.600. The minimum Gasteiger partial charge on any atom is -0.467 e. The summed E-state index contributed by atoms with van der Waals surface area (Å²) in [6, 6.07) is 4.47. The Morgan fingerprint density at radius 2 is 2.32 bits per heavy atom. The van der Waals surface area contributed by atoms with Gasteiger partial charge in [-0.1, -0.05) is 13.8 Å². The van der Waals surface area contributed by atoms with E-state index in [4.69, 9.17) is 4.42 Å². The van der Waals surface area contributed by atoms with Crippen molar-refractivity contribution in [2.45, 2.75) is 46.2 Å². The lowest BCUT2D eigenvalue weighted by Gasteiger charge is -2.27. The number of nitrogens with zero attached hydrogens (tertiary/aromatic N) is 2. The molecule has 0 spiro atoms. The molecule has 0 bridgehead atoms. The van der Waals surface area contributed by atoms with Crippen LogP contribution in [0.1, 0.15) is 39.4 Å². The number of furan rings is 1. The van der Waals surface area contributed by atoms with Crippen LogP contribution < -0.4 is 10.6 Å². The molecule has 1 saturated heterocycles. The third kappa shape index (κ3) is 5.37. The maximum atomic E-state index is 5.33. The Morgan fingerprint density at radius 3 is 3.00 bits per heavy atom. The van der Waals surface area contributed by atoms with Crippen molar-refractivity contribution < 1.29 is 4.42 Å². The molecule has 0 unspecified atom stereocenters. The lowest BCUT2D eigenvalue weighted by atomic mass is 10.1. The van der Waals surface area contributed by atoms with Crippen LogP contribution in [0, 0.1) is 5.92 Å². The second kappa shape index (κ2) is 8.83. The van der Waals surface area contributed by atoms with Gasteiger partial charge in [-0.25, -0.2) is 4.99 Å². The largest absolute Gasteiger partial charge is 0.467 e. The number of aliphatic imine (C=N–C) groups is 1. The number of nitrogens with one attached hydrogen (secondary N) is 2. The fourth-order valence-corrected chi connectivity index (χ4v) is 2.95. The lowest BCUT2D eigenvalue weighted by molar-refractivity contribution is 0.226. The van der Waals surface area contributed by atoms with Gasteiger partial charge in [-0.3, -0.25) is 4.90 Å². The van der Waals surface area contributed by atoms with Gasteiger partial charge in [-0.2, -0.15) is 0 Å². The van der Waals surface area contributed by atoms with Crippen LogP contribution in [0.3, 0.4) is 0 Å². The molecule has 0 aromatic carbocycles. The fourth-order valence-electron chi connectivity index (χ4n) is 2.95. The summed E-state index contributed by atoms with van der Waals surface area (Å²) < 4.78 is 5.33. The zero-order valence-corrected chi connectivity index (χ0v) is 14.1. The van der Waals surface area contributed by atoms with Gasteiger partial charge in [0.15, 0.2) is 5.96 Å². The zero-order valence-electron chi connectivity index (χ0n) is 14.1. The smallest absolute Gasteiger partial charge is 0.191 e. The summed E-state index contributed by atoms with van der Waals surface area (Å²) >= 11 is 0. The molecule has 1 aromatic rings. The molecule has 22 heavy (non-hydrogen) atoms. The van der Waals surface area contributed by atoms with Crippen molar-refractivity contribution in [2.75, 3.05) is 26.2 Å². The summed E-state index contributed by atoms with van der Waals surface area (Å²) in [4.78, 5) is 7.19. The number of hydrogen-bond acceptors (Lipinski definition) is 3. The van der Waals surface area contributed by atoms with Gasteiger partial charge in [0.05, 0.1) is 6.26 Å². The van der Waals surface area contributed by atoms with Crippen LogP contribution in [0.25, 0.3) is 0 Å². The predicted octanol–water partition coefficient (Wildman–Crippen LogP) is 2.46. The van der Waals surface area contributed by atoms with E-state index in [2.05, 4.69) is 41.3 Å². The van der Waals surface area contributed by atoms with Gasteiger partial charge in [0.1, 0.15) is 12.3 Å². The van der Waals surface area contributed by atoms with Gasteiger partial charge in [-0.15, -0.1) is 0 Å². The molecule has 5 heteroatoms. The molecular formula is C17H30N4O. The average molecular weight is 306 g/mol. The van der Waals surface area contributed by atoms with Crippen LogP contribution in [0.15, 0.2) is 27.8 Å². The highest BCUT2D eigenvalue weighted by Gasteiger charge is 2.24. The van der Waals surface area contributed by atoms with Crippen molar-refractivity contribution in [1.29, 1.82) is 0 Å². The van der Waals surface area contributed by atoms with Crippen molar-refractivity contribution in [3.63, 3.8) is 0 Å². The molecule has 1 atom stereocenters. The van der Waals surface area contributed by atoms with Crippen molar-refractivity contribution in [3.8, 4) is 0 Å². The maximum Gasteiger partial charge on any atom is 0.191 e. The second-order valence-corrected chi connectivity index (χ2v) is 6.34. The highest BCUT2D eigenvalue weighted by Crippen LogP contribution is 2.17. The van der Waals surface area contributed by atoms with Crippen LogP contribution in [-0.4, -0.2) is 43.1 Å². The molecule has 0 saturated carbocycles. The van der Waals surface area contributed by atoms with Gasteiger partial charge in [0.2, 0.25) is 0 Å². The first-order valence-corrected chi connectivity index (χ1v) is 8.47. The number of likely N-dealkylation sites (tertiary alicyclic amines) is 1. The van der Waals surface area contributed by atoms with E-state index in [-0.39, 0.29) is 0 Å². The summed E-state index contributed by atoms with van der Waals surface area (Å²) in [5.41, 5.74) is 0. The molecule has 0 aliphatic carbocycles. The maximum absolute atomic E-state index is 5.33. The zero-order chi connectivity index (χ0) is 15.8. The molecule has 1 aliphatic heterocycles. The minimum absolute atomic E-state index is 0.572. The average Bonchev–Trinajstić information content (AvgIpc) is 3.13. The topological polar surface area (TPSA) is 52.8 Å². The van der Waals surface area contributed by atoms with E-state index in [0.717, 1.165) is 30.7 Å². The number of hydrogen-bond donors (Lipinski definition) is 2. The first kappa shape index (κ1) is 16.9. The molecule has 2 rings (SSSR count). The highest BCUT2D eigenvalue weighted by molar-refractivity contribution is 5.79. The molecule has 0 radical (unpaired) electrons. The highest BCUT2D eigenvalue weighted by atomic mass is 16.3. The molecule has 2 heterocycles. The molecule has 0 amide bonds. The normalized spacial score (nSPS) is 19.8. The molecule has 2 N–H and O–H groups in total. The molecule has 124 valence electrons. The van der Waals surface area contributed by atoms with Crippen LogP contribution in [0.2, 0.25) is 0 Å². The van der Waals surface area contributed by atoms with Gasteiger partial charge < -0.3 is 15.1 Å². The second-order valence-electron chi connectivity index (χ2n) is 6.34. The predicted molar refractivity (Wildman–Crippen MR) is 91.0 cm³/mol. The number of guanidine groups is 1. The fraction of sp³-hybridized carbons (Fsp3) is 0.706. The summed E-state index contributed by atoms with van der Waals surface area (Å²) in [6.45, 7) is 11.5. The monoisotopic (exact) mass is 306 g/mol. The van der Waals surface area contributed by atoms with E-state index in [1.165, 1.54) is 25.9 Å². The Kier molecular flexibility index (Phi) is 6.77. The summed E-state index contributed by atoms with van der Waals surface area (Å²) in [5, 5.41) is 6.79. The molecule has 5 nitrogen and oxygen atoms in total. The van der Waals surface area contributed by atoms with Gasteiger partial charge in [0.25, 0.3) is 0 Å². The lowest BCUT2D eigenvalue weighted by Crippen LogP contribution is -2.45. The van der Waals surface area contributed by atoms with Gasteiger partial charge >= 0.3 is 0 Å². The molecule has 1 fully saturated rings. The van der Waals surface area contributed by atoms with Crippen molar-refractivity contribution in [2.24, 2.45) is 10.9 Å². The third-order valence-electron chi connectivity index (χ3n) is 3.92. The van der Waals surface area contributed by atoms with E-state index in [0.29, 0.717) is 12.6 Å². The number of rotatable bonds is 7. The van der Waals surface area contributed by atoms with Gasteiger partial charge in [0, 0.05) is 25.7 Å². The molecule has 1 aliphatic rings. The molecule has 1 aromatic heterocycles. The van der Waals surface area contributed by atoms with E-state index in [1.807, 2.05) is 12.1 Å². The molecular weight excluding hydrogens is 276 g/mol. The summed E-state index contributed by atoms with van der Waals surface area (Å²) in [7, 11) is 0. The summed E-state index contributed by atoms with van der Waals surface area (Å²) in [6.07, 6.45) is 4.27. The van der Waals surface area contributed by atoms with Crippen molar-refractivity contribution >= 4 is 5.96 Å². The van der Waals surface area contributed by atoms with Crippen LogP contribution in [0.5, 0.6) is 0 Å². The van der Waals surface area contributed by atoms with E-state index >= 15 is 0 Å². The Morgan fingerprint density at radius 1 is 1.45 bits per heavy atom. The van der Waals surface area contributed by atoms with Crippen molar-refractivity contribution in [1.82, 2.24) is 15.5 Å². The SMILES string of the molecule is CCNC(=NCc1ccco1)NC[C@H]1CCCN1CC(C)C.